The van der Waals surface area contributed by atoms with E-state index in [0.29, 0.717) is 13.2 Å². The average Bonchev–Trinajstić information content (AvgIpc) is 2.68. The van der Waals surface area contributed by atoms with E-state index in [1.54, 1.807) is 31.2 Å². The Morgan fingerprint density at radius 2 is 1.64 bits per heavy atom. The van der Waals surface area contributed by atoms with Gasteiger partial charge in [0.15, 0.2) is 0 Å². The molecule has 1 unspecified atom stereocenters. The molecule has 4 nitrogen and oxygen atoms in total. The number of hydrogen-bond acceptors (Lipinski definition) is 4. The van der Waals surface area contributed by atoms with Crippen LogP contribution in [0.2, 0.25) is 0 Å². The lowest BCUT2D eigenvalue weighted by atomic mass is 10.00. The molecule has 1 heterocycles. The van der Waals surface area contributed by atoms with E-state index in [-0.39, 0.29) is 30.3 Å². The minimum absolute atomic E-state index is 0.0942. The average molecular weight is 389 g/mol. The minimum atomic E-state index is -0.436. The van der Waals surface area contributed by atoms with Gasteiger partial charge in [0.1, 0.15) is 17.7 Å². The maximum absolute atomic E-state index is 13.4. The first-order chi connectivity index (χ1) is 13.5. The summed E-state index contributed by atoms with van der Waals surface area (Å²) in [4.78, 5) is 13.8. The topological polar surface area (TPSA) is 38.8 Å². The van der Waals surface area contributed by atoms with Gasteiger partial charge in [-0.05, 0) is 61.7 Å². The maximum atomic E-state index is 13.4. The molecule has 0 spiro atoms. The smallest absolute Gasteiger partial charge is 0.320 e. The van der Waals surface area contributed by atoms with E-state index >= 15 is 0 Å². The third-order valence-corrected chi connectivity index (χ3v) is 4.79. The van der Waals surface area contributed by atoms with Crippen molar-refractivity contribution in [2.24, 2.45) is 0 Å². The molecule has 1 saturated heterocycles. The number of hydrogen-bond donors (Lipinski definition) is 0. The number of carbonyl (C=O) groups excluding carboxylic acids is 1. The Bertz CT molecular complexity index is 719. The summed E-state index contributed by atoms with van der Waals surface area (Å²) < 4.78 is 38.1. The Labute approximate surface area is 164 Å². The number of ether oxygens (including phenoxy) is 2. The standard InChI is InChI=1S/C22H25F2NO3/c1-2-27-21(26)15-25-13-3-4-20(14-25)28-22(16-5-9-18(23)10-6-16)17-7-11-19(24)12-8-17/h5-12,20,22H,2-4,13-15H2,1H3. The number of halogens is 2. The molecule has 0 aliphatic carbocycles. The fourth-order valence-electron chi connectivity index (χ4n) is 3.47. The van der Waals surface area contributed by atoms with Crippen LogP contribution in [0.15, 0.2) is 48.5 Å². The van der Waals surface area contributed by atoms with Crippen molar-refractivity contribution < 1.29 is 23.0 Å². The highest BCUT2D eigenvalue weighted by Gasteiger charge is 2.26. The first-order valence-electron chi connectivity index (χ1n) is 9.59. The predicted octanol–water partition coefficient (Wildman–Crippen LogP) is 4.10. The molecule has 3 rings (SSSR count). The highest BCUT2D eigenvalue weighted by Crippen LogP contribution is 2.30. The third-order valence-electron chi connectivity index (χ3n) is 4.79. The zero-order valence-corrected chi connectivity index (χ0v) is 15.9. The van der Waals surface area contributed by atoms with Gasteiger partial charge in [0.2, 0.25) is 0 Å². The molecule has 0 N–H and O–H groups in total. The van der Waals surface area contributed by atoms with Gasteiger partial charge in [0.05, 0.1) is 19.3 Å². The number of benzene rings is 2. The van der Waals surface area contributed by atoms with Gasteiger partial charge < -0.3 is 9.47 Å². The number of carbonyl (C=O) groups is 1. The minimum Gasteiger partial charge on any atom is -0.465 e. The SMILES string of the molecule is CCOC(=O)CN1CCCC(OC(c2ccc(F)cc2)c2ccc(F)cc2)C1. The summed E-state index contributed by atoms with van der Waals surface area (Å²) in [5, 5.41) is 0. The molecular weight excluding hydrogens is 364 g/mol. The van der Waals surface area contributed by atoms with Crippen LogP contribution in [-0.2, 0) is 14.3 Å². The number of rotatable bonds is 7. The molecule has 2 aromatic rings. The van der Waals surface area contributed by atoms with E-state index in [4.69, 9.17) is 9.47 Å². The molecule has 0 saturated carbocycles. The van der Waals surface area contributed by atoms with Crippen molar-refractivity contribution in [2.75, 3.05) is 26.2 Å². The van der Waals surface area contributed by atoms with Crippen molar-refractivity contribution in [3.63, 3.8) is 0 Å². The van der Waals surface area contributed by atoms with Gasteiger partial charge in [0.25, 0.3) is 0 Å². The van der Waals surface area contributed by atoms with Crippen LogP contribution in [0.5, 0.6) is 0 Å². The van der Waals surface area contributed by atoms with Crippen LogP contribution in [0.1, 0.15) is 37.0 Å². The van der Waals surface area contributed by atoms with Gasteiger partial charge in [0, 0.05) is 6.54 Å². The van der Waals surface area contributed by atoms with Gasteiger partial charge in [-0.25, -0.2) is 8.78 Å². The molecule has 0 amide bonds. The molecule has 1 atom stereocenters. The molecule has 28 heavy (non-hydrogen) atoms. The second-order valence-corrected chi connectivity index (χ2v) is 6.92. The molecule has 0 bridgehead atoms. The van der Waals surface area contributed by atoms with Gasteiger partial charge in [-0.15, -0.1) is 0 Å². The zero-order valence-electron chi connectivity index (χ0n) is 15.9. The fraction of sp³-hybridized carbons (Fsp3) is 0.409. The molecule has 1 aliphatic rings. The molecule has 6 heteroatoms. The monoisotopic (exact) mass is 389 g/mol. The number of piperidine rings is 1. The Kier molecular flexibility index (Phi) is 7.12. The Hall–Kier alpha value is -2.31. The quantitative estimate of drug-likeness (QED) is 0.669. The first-order valence-corrected chi connectivity index (χ1v) is 9.59. The summed E-state index contributed by atoms with van der Waals surface area (Å²) in [6.45, 7) is 3.82. The first kappa shape index (κ1) is 20.4. The van der Waals surface area contributed by atoms with E-state index in [2.05, 4.69) is 0 Å². The molecule has 1 aliphatic heterocycles. The van der Waals surface area contributed by atoms with Crippen molar-refractivity contribution in [3.05, 3.63) is 71.3 Å². The number of likely N-dealkylation sites (tertiary alicyclic amines) is 1. The lowest BCUT2D eigenvalue weighted by molar-refractivity contribution is -0.145. The van der Waals surface area contributed by atoms with Gasteiger partial charge >= 0.3 is 5.97 Å². The van der Waals surface area contributed by atoms with Gasteiger partial charge in [-0.2, -0.15) is 0 Å². The molecule has 0 radical (unpaired) electrons. The highest BCUT2D eigenvalue weighted by molar-refractivity contribution is 5.71. The third kappa shape index (κ3) is 5.59. The predicted molar refractivity (Wildman–Crippen MR) is 102 cm³/mol. The number of nitrogens with zero attached hydrogens (tertiary/aromatic N) is 1. The van der Waals surface area contributed by atoms with Crippen LogP contribution >= 0.6 is 0 Å². The Morgan fingerprint density at radius 1 is 1.07 bits per heavy atom. The molecule has 150 valence electrons. The zero-order chi connectivity index (χ0) is 19.9. The summed E-state index contributed by atoms with van der Waals surface area (Å²) in [5.74, 6) is -0.878. The summed E-state index contributed by atoms with van der Waals surface area (Å²) in [6, 6.07) is 12.3. The fourth-order valence-corrected chi connectivity index (χ4v) is 3.47. The summed E-state index contributed by atoms with van der Waals surface area (Å²) in [5.41, 5.74) is 1.60. The van der Waals surface area contributed by atoms with Gasteiger partial charge in [-0.1, -0.05) is 24.3 Å². The van der Waals surface area contributed by atoms with Crippen molar-refractivity contribution in [3.8, 4) is 0 Å². The maximum Gasteiger partial charge on any atom is 0.320 e. The van der Waals surface area contributed by atoms with Crippen molar-refractivity contribution >= 4 is 5.97 Å². The summed E-state index contributed by atoms with van der Waals surface area (Å²) >= 11 is 0. The number of esters is 1. The van der Waals surface area contributed by atoms with Crippen molar-refractivity contribution in [1.82, 2.24) is 4.90 Å². The Morgan fingerprint density at radius 3 is 2.18 bits per heavy atom. The second kappa shape index (κ2) is 9.75. The van der Waals surface area contributed by atoms with Crippen LogP contribution < -0.4 is 0 Å². The second-order valence-electron chi connectivity index (χ2n) is 6.92. The van der Waals surface area contributed by atoms with Gasteiger partial charge in [-0.3, -0.25) is 9.69 Å². The lowest BCUT2D eigenvalue weighted by Crippen LogP contribution is -2.43. The summed E-state index contributed by atoms with van der Waals surface area (Å²) in [7, 11) is 0. The summed E-state index contributed by atoms with van der Waals surface area (Å²) in [6.07, 6.45) is 1.24. The van der Waals surface area contributed by atoms with E-state index in [1.807, 2.05) is 4.90 Å². The van der Waals surface area contributed by atoms with E-state index in [9.17, 15) is 13.6 Å². The van der Waals surface area contributed by atoms with E-state index in [1.165, 1.54) is 24.3 Å². The van der Waals surface area contributed by atoms with Crippen LogP contribution in [0, 0.1) is 11.6 Å². The Balaban J connectivity index is 1.74. The molecular formula is C22H25F2NO3. The van der Waals surface area contributed by atoms with Crippen molar-refractivity contribution in [1.29, 1.82) is 0 Å². The lowest BCUT2D eigenvalue weighted by Gasteiger charge is -2.34. The van der Waals surface area contributed by atoms with Crippen LogP contribution in [0.4, 0.5) is 8.78 Å². The van der Waals surface area contributed by atoms with Crippen LogP contribution in [-0.4, -0.2) is 43.2 Å². The van der Waals surface area contributed by atoms with E-state index in [0.717, 1.165) is 30.5 Å². The van der Waals surface area contributed by atoms with Crippen LogP contribution in [0.3, 0.4) is 0 Å². The highest BCUT2D eigenvalue weighted by atomic mass is 19.1. The normalized spacial score (nSPS) is 17.6. The molecule has 0 aromatic heterocycles. The molecule has 1 fully saturated rings. The van der Waals surface area contributed by atoms with E-state index < -0.39 is 6.10 Å². The molecule has 2 aromatic carbocycles. The largest absolute Gasteiger partial charge is 0.465 e. The van der Waals surface area contributed by atoms with Crippen LogP contribution in [0.25, 0.3) is 0 Å². The van der Waals surface area contributed by atoms with Crippen molar-refractivity contribution in [2.45, 2.75) is 32.0 Å².